The Hall–Kier alpha value is -0.130. The molecular weight excluding hydrogens is 260 g/mol. The van der Waals surface area contributed by atoms with Crippen molar-refractivity contribution in [2.75, 3.05) is 31.9 Å². The van der Waals surface area contributed by atoms with Gasteiger partial charge in [-0.25, -0.2) is 8.42 Å². The minimum absolute atomic E-state index is 0.311. The van der Waals surface area contributed by atoms with Crippen molar-refractivity contribution < 1.29 is 13.3 Å². The van der Waals surface area contributed by atoms with Gasteiger partial charge in [0.2, 0.25) is 10.0 Å². The van der Waals surface area contributed by atoms with Crippen LogP contribution < -0.4 is 4.90 Å². The van der Waals surface area contributed by atoms with Crippen LogP contribution in [-0.2, 0) is 10.0 Å². The van der Waals surface area contributed by atoms with E-state index in [4.69, 9.17) is 0 Å². The number of rotatable bonds is 4. The van der Waals surface area contributed by atoms with Crippen molar-refractivity contribution in [1.82, 2.24) is 4.31 Å². The van der Waals surface area contributed by atoms with E-state index < -0.39 is 10.0 Å². The summed E-state index contributed by atoms with van der Waals surface area (Å²) < 4.78 is 25.8. The zero-order valence-electron chi connectivity index (χ0n) is 12.2. The van der Waals surface area contributed by atoms with E-state index in [1.807, 2.05) is 6.92 Å². The molecular formula is C14H29N2O2S+. The third kappa shape index (κ3) is 4.17. The fraction of sp³-hybridized carbons (Fsp3) is 1.00. The van der Waals surface area contributed by atoms with Crippen LogP contribution in [0.4, 0.5) is 0 Å². The number of sulfonamides is 1. The lowest BCUT2D eigenvalue weighted by Crippen LogP contribution is -3.18. The Morgan fingerprint density at radius 3 is 2.16 bits per heavy atom. The van der Waals surface area contributed by atoms with E-state index in [1.165, 1.54) is 38.5 Å². The van der Waals surface area contributed by atoms with Gasteiger partial charge in [-0.05, 0) is 32.1 Å². The first-order valence-corrected chi connectivity index (χ1v) is 9.57. The molecule has 0 atom stereocenters. The lowest BCUT2D eigenvalue weighted by molar-refractivity contribution is -0.929. The molecule has 0 aromatic heterocycles. The first-order chi connectivity index (χ1) is 9.13. The third-order valence-corrected chi connectivity index (χ3v) is 6.73. The molecule has 1 saturated heterocycles. The molecule has 2 aliphatic rings. The Morgan fingerprint density at radius 2 is 1.63 bits per heavy atom. The molecule has 1 aliphatic heterocycles. The first kappa shape index (κ1) is 15.3. The summed E-state index contributed by atoms with van der Waals surface area (Å²) in [5.41, 5.74) is 0. The van der Waals surface area contributed by atoms with Crippen LogP contribution in [-0.4, -0.2) is 50.7 Å². The molecule has 0 spiro atoms. The topological polar surface area (TPSA) is 41.8 Å². The van der Waals surface area contributed by atoms with E-state index >= 15 is 0 Å². The Kier molecular flexibility index (Phi) is 5.66. The van der Waals surface area contributed by atoms with E-state index in [0.29, 0.717) is 5.75 Å². The van der Waals surface area contributed by atoms with Gasteiger partial charge in [0.25, 0.3) is 0 Å². The molecule has 1 heterocycles. The summed E-state index contributed by atoms with van der Waals surface area (Å²) in [5, 5.41) is 0. The van der Waals surface area contributed by atoms with Crippen molar-refractivity contribution in [1.29, 1.82) is 0 Å². The Bertz CT molecular complexity index is 354. The Morgan fingerprint density at radius 1 is 1.05 bits per heavy atom. The van der Waals surface area contributed by atoms with Crippen molar-refractivity contribution >= 4 is 10.0 Å². The lowest BCUT2D eigenvalue weighted by Gasteiger charge is -2.35. The normalized spacial score (nSPS) is 25.3. The van der Waals surface area contributed by atoms with E-state index in [9.17, 15) is 8.42 Å². The van der Waals surface area contributed by atoms with Crippen molar-refractivity contribution in [2.45, 2.75) is 57.9 Å². The molecule has 1 N–H and O–H groups in total. The maximum atomic E-state index is 12.0. The summed E-state index contributed by atoms with van der Waals surface area (Å²) in [4.78, 5) is 1.66. The van der Waals surface area contributed by atoms with Gasteiger partial charge in [-0.2, -0.15) is 4.31 Å². The molecule has 0 aromatic carbocycles. The number of nitrogens with one attached hydrogen (secondary N) is 1. The molecule has 1 aliphatic carbocycles. The Labute approximate surface area is 118 Å². The van der Waals surface area contributed by atoms with Crippen LogP contribution in [0.3, 0.4) is 0 Å². The van der Waals surface area contributed by atoms with Crippen LogP contribution >= 0.6 is 0 Å². The summed E-state index contributed by atoms with van der Waals surface area (Å²) in [6.45, 7) is 5.41. The smallest absolute Gasteiger partial charge is 0.214 e. The van der Waals surface area contributed by atoms with Crippen LogP contribution in [0.2, 0.25) is 0 Å². The van der Waals surface area contributed by atoms with Gasteiger partial charge in [0.15, 0.2) is 0 Å². The number of piperazine rings is 1. The van der Waals surface area contributed by atoms with Crippen LogP contribution in [0.15, 0.2) is 0 Å². The Balaban J connectivity index is 1.84. The molecule has 4 nitrogen and oxygen atoms in total. The monoisotopic (exact) mass is 289 g/mol. The predicted molar refractivity (Wildman–Crippen MR) is 77.8 cm³/mol. The highest BCUT2D eigenvalue weighted by Crippen LogP contribution is 2.16. The fourth-order valence-corrected chi connectivity index (χ4v) is 5.05. The van der Waals surface area contributed by atoms with Gasteiger partial charge in [0.05, 0.1) is 38.0 Å². The van der Waals surface area contributed by atoms with Crippen molar-refractivity contribution in [3.05, 3.63) is 0 Å². The summed E-state index contributed by atoms with van der Waals surface area (Å²) >= 11 is 0. The second-order valence-corrected chi connectivity index (χ2v) is 8.15. The lowest BCUT2D eigenvalue weighted by atomic mass is 10.1. The molecule has 0 amide bonds. The first-order valence-electron chi connectivity index (χ1n) is 7.96. The third-order valence-electron chi connectivity index (χ3n) is 4.65. The molecule has 0 radical (unpaired) electrons. The van der Waals surface area contributed by atoms with Gasteiger partial charge in [0.1, 0.15) is 0 Å². The average molecular weight is 289 g/mol. The molecule has 0 unspecified atom stereocenters. The van der Waals surface area contributed by atoms with Gasteiger partial charge in [0, 0.05) is 0 Å². The van der Waals surface area contributed by atoms with Gasteiger partial charge < -0.3 is 4.90 Å². The highest BCUT2D eigenvalue weighted by Gasteiger charge is 2.32. The zero-order chi connectivity index (χ0) is 13.7. The van der Waals surface area contributed by atoms with Gasteiger partial charge in [-0.1, -0.05) is 19.8 Å². The number of hydrogen-bond acceptors (Lipinski definition) is 2. The van der Waals surface area contributed by atoms with Crippen LogP contribution in [0.25, 0.3) is 0 Å². The van der Waals surface area contributed by atoms with E-state index in [0.717, 1.165) is 38.6 Å². The fourth-order valence-electron chi connectivity index (χ4n) is 3.53. The second-order valence-electron chi connectivity index (χ2n) is 6.06. The van der Waals surface area contributed by atoms with Crippen LogP contribution in [0.1, 0.15) is 51.9 Å². The number of hydrogen-bond donors (Lipinski definition) is 1. The molecule has 1 saturated carbocycles. The zero-order valence-corrected chi connectivity index (χ0v) is 13.1. The van der Waals surface area contributed by atoms with Gasteiger partial charge in [-0.15, -0.1) is 0 Å². The molecule has 19 heavy (non-hydrogen) atoms. The van der Waals surface area contributed by atoms with Gasteiger partial charge in [-0.3, -0.25) is 0 Å². The minimum atomic E-state index is -2.97. The summed E-state index contributed by atoms with van der Waals surface area (Å²) in [5.74, 6) is 0.311. The summed E-state index contributed by atoms with van der Waals surface area (Å²) in [6, 6.07) is 0.790. The highest BCUT2D eigenvalue weighted by molar-refractivity contribution is 7.89. The minimum Gasteiger partial charge on any atom is -0.330 e. The van der Waals surface area contributed by atoms with Crippen molar-refractivity contribution in [3.8, 4) is 0 Å². The maximum Gasteiger partial charge on any atom is 0.214 e. The molecule has 2 rings (SSSR count). The van der Waals surface area contributed by atoms with Crippen molar-refractivity contribution in [3.63, 3.8) is 0 Å². The standard InChI is InChI=1S/C14H28N2O2S/c1-2-13-19(17,18)16-11-9-15(10-12-16)14-7-5-3-4-6-8-14/h14H,2-13H2,1H3/p+1. The maximum absolute atomic E-state index is 12.0. The highest BCUT2D eigenvalue weighted by atomic mass is 32.2. The quantitative estimate of drug-likeness (QED) is 0.772. The van der Waals surface area contributed by atoms with E-state index in [2.05, 4.69) is 0 Å². The molecule has 0 aromatic rings. The van der Waals surface area contributed by atoms with E-state index in [1.54, 1.807) is 9.21 Å². The van der Waals surface area contributed by atoms with Crippen molar-refractivity contribution in [2.24, 2.45) is 0 Å². The largest absolute Gasteiger partial charge is 0.330 e. The molecule has 0 bridgehead atoms. The SMILES string of the molecule is CCCS(=O)(=O)N1CC[NH+](C2CCCCCC2)CC1. The predicted octanol–water partition coefficient (Wildman–Crippen LogP) is 0.650. The van der Waals surface area contributed by atoms with Gasteiger partial charge >= 0.3 is 0 Å². The number of quaternary nitrogens is 1. The number of nitrogens with zero attached hydrogens (tertiary/aromatic N) is 1. The molecule has 5 heteroatoms. The van der Waals surface area contributed by atoms with Crippen LogP contribution in [0.5, 0.6) is 0 Å². The second kappa shape index (κ2) is 7.04. The van der Waals surface area contributed by atoms with E-state index in [-0.39, 0.29) is 0 Å². The summed E-state index contributed by atoms with van der Waals surface area (Å²) in [6.07, 6.45) is 8.92. The average Bonchev–Trinajstić information content (AvgIpc) is 2.68. The molecule has 2 fully saturated rings. The molecule has 112 valence electrons. The van der Waals surface area contributed by atoms with Crippen LogP contribution in [0, 0.1) is 0 Å². The summed E-state index contributed by atoms with van der Waals surface area (Å²) in [7, 11) is -2.97.